The van der Waals surface area contributed by atoms with Crippen LogP contribution in [-0.4, -0.2) is 27.8 Å². The van der Waals surface area contributed by atoms with Crippen LogP contribution in [0.3, 0.4) is 0 Å². The molecule has 1 rings (SSSR count). The third-order valence-corrected chi connectivity index (χ3v) is 2.76. The van der Waals surface area contributed by atoms with Gasteiger partial charge in [0, 0.05) is 6.04 Å². The van der Waals surface area contributed by atoms with Crippen LogP contribution in [0.25, 0.3) is 0 Å². The van der Waals surface area contributed by atoms with Crippen LogP contribution < -0.4 is 16.2 Å². The molecule has 0 bridgehead atoms. The topological polar surface area (TPSA) is 73.4 Å². The minimum Gasteiger partial charge on any atom is -0.381 e. The summed E-state index contributed by atoms with van der Waals surface area (Å²) in [5, 5.41) is 12.9. The molecule has 1 amide bonds. The third kappa shape index (κ3) is 4.32. The van der Waals surface area contributed by atoms with Crippen LogP contribution in [0.4, 0.5) is 0 Å². The quantitative estimate of drug-likeness (QED) is 0.413. The lowest BCUT2D eigenvalue weighted by Crippen LogP contribution is -2.54. The highest BCUT2D eigenvalue weighted by molar-refractivity contribution is 7.80. The molecular weight excluding hydrogens is 226 g/mol. The molecule has 0 radical (unpaired) electrons. The van der Waals surface area contributed by atoms with E-state index in [9.17, 15) is 9.90 Å². The molecule has 16 heavy (non-hydrogen) atoms. The molecule has 0 saturated heterocycles. The molecule has 0 atom stereocenters. The molecule has 6 heteroatoms. The third-order valence-electron chi connectivity index (χ3n) is 2.54. The van der Waals surface area contributed by atoms with Crippen LogP contribution in [0.1, 0.15) is 39.5 Å². The first-order chi connectivity index (χ1) is 7.39. The molecule has 0 spiro atoms. The Labute approximate surface area is 101 Å². The molecule has 1 fully saturated rings. The normalized spacial score (nSPS) is 16.9. The van der Waals surface area contributed by atoms with Gasteiger partial charge >= 0.3 is 0 Å². The van der Waals surface area contributed by atoms with Crippen molar-refractivity contribution in [3.8, 4) is 0 Å². The second kappa shape index (κ2) is 5.45. The van der Waals surface area contributed by atoms with E-state index >= 15 is 0 Å². The van der Waals surface area contributed by atoms with Gasteiger partial charge in [-0.3, -0.25) is 15.6 Å². The van der Waals surface area contributed by atoms with Gasteiger partial charge in [0.15, 0.2) is 5.11 Å². The summed E-state index contributed by atoms with van der Waals surface area (Å²) in [5.41, 5.74) is 3.52. The van der Waals surface area contributed by atoms with E-state index in [2.05, 4.69) is 16.2 Å². The van der Waals surface area contributed by atoms with Crippen molar-refractivity contribution < 1.29 is 9.90 Å². The summed E-state index contributed by atoms with van der Waals surface area (Å²) in [6.07, 6.45) is 4.66. The van der Waals surface area contributed by atoms with Gasteiger partial charge in [0.05, 0.1) is 0 Å². The molecule has 0 aromatic rings. The maximum Gasteiger partial charge on any atom is 0.269 e. The highest BCUT2D eigenvalue weighted by Crippen LogP contribution is 2.17. The number of amides is 1. The first-order valence-electron chi connectivity index (χ1n) is 5.49. The minimum absolute atomic E-state index is 0.393. The standard InChI is InChI=1S/C10H19N3O2S/c1-10(2,15)8(14)12-13-9(16)11-7-5-3-4-6-7/h7,15H,3-6H2,1-2H3,(H,12,14)(H2,11,13,16). The van der Waals surface area contributed by atoms with Crippen LogP contribution >= 0.6 is 12.2 Å². The zero-order chi connectivity index (χ0) is 12.2. The molecule has 1 saturated carbocycles. The van der Waals surface area contributed by atoms with Gasteiger partial charge in [-0.15, -0.1) is 0 Å². The Kier molecular flexibility index (Phi) is 4.49. The molecule has 0 aromatic heterocycles. The Hall–Kier alpha value is -0.880. The molecule has 92 valence electrons. The highest BCUT2D eigenvalue weighted by Gasteiger charge is 2.23. The number of hydrazine groups is 1. The second-order valence-corrected chi connectivity index (χ2v) is 5.00. The average molecular weight is 245 g/mol. The fourth-order valence-corrected chi connectivity index (χ4v) is 1.78. The number of rotatable bonds is 2. The monoisotopic (exact) mass is 245 g/mol. The van der Waals surface area contributed by atoms with Crippen molar-refractivity contribution in [2.24, 2.45) is 0 Å². The molecule has 0 aromatic carbocycles. The fraction of sp³-hybridized carbons (Fsp3) is 0.800. The Bertz CT molecular complexity index is 270. The van der Waals surface area contributed by atoms with Crippen molar-refractivity contribution in [3.63, 3.8) is 0 Å². The van der Waals surface area contributed by atoms with Gasteiger partial charge < -0.3 is 10.4 Å². The molecule has 1 aliphatic rings. The fourth-order valence-electron chi connectivity index (χ4n) is 1.56. The molecule has 1 aliphatic carbocycles. The highest BCUT2D eigenvalue weighted by atomic mass is 32.1. The summed E-state index contributed by atoms with van der Waals surface area (Å²) in [6, 6.07) is 0.402. The van der Waals surface area contributed by atoms with Gasteiger partial charge in [-0.05, 0) is 38.9 Å². The lowest BCUT2D eigenvalue weighted by Gasteiger charge is -2.20. The number of nitrogens with one attached hydrogen (secondary N) is 3. The van der Waals surface area contributed by atoms with Gasteiger partial charge in [0.2, 0.25) is 0 Å². The van der Waals surface area contributed by atoms with E-state index in [1.807, 2.05) is 0 Å². The van der Waals surface area contributed by atoms with Gasteiger partial charge in [-0.1, -0.05) is 12.8 Å². The van der Waals surface area contributed by atoms with Crippen LogP contribution in [0.2, 0.25) is 0 Å². The molecule has 0 heterocycles. The Morgan fingerprint density at radius 2 is 1.88 bits per heavy atom. The van der Waals surface area contributed by atoms with Crippen molar-refractivity contribution in [1.29, 1.82) is 0 Å². The SMILES string of the molecule is CC(C)(O)C(=O)NNC(=S)NC1CCCC1. The largest absolute Gasteiger partial charge is 0.381 e. The molecule has 0 unspecified atom stereocenters. The Balaban J connectivity index is 2.22. The van der Waals surface area contributed by atoms with E-state index in [1.54, 1.807) is 0 Å². The van der Waals surface area contributed by atoms with Crippen molar-refractivity contribution in [2.45, 2.75) is 51.2 Å². The summed E-state index contributed by atoms with van der Waals surface area (Å²) in [4.78, 5) is 11.3. The second-order valence-electron chi connectivity index (χ2n) is 4.59. The predicted molar refractivity (Wildman–Crippen MR) is 65.6 cm³/mol. The molecular formula is C10H19N3O2S. The van der Waals surface area contributed by atoms with Gasteiger partial charge in [-0.2, -0.15) is 0 Å². The van der Waals surface area contributed by atoms with E-state index in [4.69, 9.17) is 12.2 Å². The molecule has 4 N–H and O–H groups in total. The van der Waals surface area contributed by atoms with E-state index < -0.39 is 11.5 Å². The summed E-state index contributed by atoms with van der Waals surface area (Å²) in [6.45, 7) is 2.83. The van der Waals surface area contributed by atoms with Gasteiger partial charge in [0.25, 0.3) is 5.91 Å². The van der Waals surface area contributed by atoms with E-state index in [0.717, 1.165) is 12.8 Å². The Morgan fingerprint density at radius 1 is 1.31 bits per heavy atom. The van der Waals surface area contributed by atoms with Crippen LogP contribution in [0.5, 0.6) is 0 Å². The van der Waals surface area contributed by atoms with Crippen LogP contribution in [0.15, 0.2) is 0 Å². The molecule has 5 nitrogen and oxygen atoms in total. The number of aliphatic hydroxyl groups is 1. The van der Waals surface area contributed by atoms with Crippen LogP contribution in [0, 0.1) is 0 Å². The van der Waals surface area contributed by atoms with Crippen LogP contribution in [-0.2, 0) is 4.79 Å². The maximum atomic E-state index is 11.3. The van der Waals surface area contributed by atoms with E-state index in [-0.39, 0.29) is 0 Å². The molecule has 0 aliphatic heterocycles. The number of hydrogen-bond acceptors (Lipinski definition) is 3. The van der Waals surface area contributed by atoms with Crippen molar-refractivity contribution in [2.75, 3.05) is 0 Å². The number of carbonyl (C=O) groups is 1. The Morgan fingerprint density at radius 3 is 2.38 bits per heavy atom. The van der Waals surface area contributed by atoms with E-state index in [1.165, 1.54) is 26.7 Å². The maximum absolute atomic E-state index is 11.3. The number of carbonyl (C=O) groups excluding carboxylic acids is 1. The lowest BCUT2D eigenvalue weighted by molar-refractivity contribution is -0.137. The zero-order valence-corrected chi connectivity index (χ0v) is 10.5. The van der Waals surface area contributed by atoms with Gasteiger partial charge in [-0.25, -0.2) is 0 Å². The summed E-state index contributed by atoms with van der Waals surface area (Å²) < 4.78 is 0. The summed E-state index contributed by atoms with van der Waals surface area (Å²) >= 11 is 5.01. The van der Waals surface area contributed by atoms with Gasteiger partial charge in [0.1, 0.15) is 5.60 Å². The average Bonchev–Trinajstić information content (AvgIpc) is 2.65. The zero-order valence-electron chi connectivity index (χ0n) is 9.67. The summed E-state index contributed by atoms with van der Waals surface area (Å²) in [5.74, 6) is -0.511. The number of thiocarbonyl (C=S) groups is 1. The smallest absolute Gasteiger partial charge is 0.269 e. The minimum atomic E-state index is -1.41. The van der Waals surface area contributed by atoms with Crippen molar-refractivity contribution >= 4 is 23.2 Å². The van der Waals surface area contributed by atoms with Crippen molar-refractivity contribution in [3.05, 3.63) is 0 Å². The first-order valence-corrected chi connectivity index (χ1v) is 5.90. The van der Waals surface area contributed by atoms with Crippen molar-refractivity contribution in [1.82, 2.24) is 16.2 Å². The predicted octanol–water partition coefficient (Wildman–Crippen LogP) is 0.195. The first kappa shape index (κ1) is 13.2. The summed E-state index contributed by atoms with van der Waals surface area (Å²) in [7, 11) is 0. The lowest BCUT2D eigenvalue weighted by atomic mass is 10.1. The van der Waals surface area contributed by atoms with E-state index in [0.29, 0.717) is 11.2 Å². The number of hydrogen-bond donors (Lipinski definition) is 4.